The van der Waals surface area contributed by atoms with E-state index in [0.29, 0.717) is 24.5 Å². The van der Waals surface area contributed by atoms with E-state index in [1.54, 1.807) is 12.0 Å². The Balaban J connectivity index is 1.91. The first-order valence-electron chi connectivity index (χ1n) is 6.94. The zero-order valence-corrected chi connectivity index (χ0v) is 12.4. The molecule has 112 valence electrons. The summed E-state index contributed by atoms with van der Waals surface area (Å²) in [5.74, 6) is 1.38. The number of aromatic nitrogens is 4. The third-order valence-electron chi connectivity index (χ3n) is 3.93. The van der Waals surface area contributed by atoms with E-state index in [0.717, 1.165) is 5.82 Å². The third-order valence-corrected chi connectivity index (χ3v) is 3.93. The predicted octanol–water partition coefficient (Wildman–Crippen LogP) is 1.05. The highest BCUT2D eigenvalue weighted by Gasteiger charge is 2.39. The van der Waals surface area contributed by atoms with Gasteiger partial charge in [-0.3, -0.25) is 9.89 Å². The van der Waals surface area contributed by atoms with Crippen LogP contribution in [0.3, 0.4) is 0 Å². The quantitative estimate of drug-likeness (QED) is 0.916. The fourth-order valence-electron chi connectivity index (χ4n) is 2.78. The van der Waals surface area contributed by atoms with Crippen LogP contribution < -0.4 is 0 Å². The molecule has 1 fully saturated rings. The Morgan fingerprint density at radius 3 is 2.90 bits per heavy atom. The van der Waals surface area contributed by atoms with Gasteiger partial charge in [-0.05, 0) is 19.1 Å². The van der Waals surface area contributed by atoms with Crippen molar-refractivity contribution >= 4 is 5.91 Å². The van der Waals surface area contributed by atoms with Crippen LogP contribution in [0.25, 0.3) is 0 Å². The number of carbonyl (C=O) groups excluding carboxylic acids is 1. The summed E-state index contributed by atoms with van der Waals surface area (Å²) in [4.78, 5) is 18.9. The molecule has 0 spiro atoms. The molecule has 0 saturated carbocycles. The molecule has 7 heteroatoms. The van der Waals surface area contributed by atoms with Gasteiger partial charge in [0.15, 0.2) is 5.82 Å². The Hall–Kier alpha value is -2.15. The number of aromatic amines is 1. The van der Waals surface area contributed by atoms with Crippen LogP contribution in [-0.4, -0.2) is 50.3 Å². The number of aryl methyl sites for hydroxylation is 2. The number of nitrogens with zero attached hydrogens (tertiary/aromatic N) is 4. The van der Waals surface area contributed by atoms with Crippen LogP contribution in [0.15, 0.2) is 18.3 Å². The fraction of sp³-hybridized carbons (Fsp3) is 0.500. The van der Waals surface area contributed by atoms with E-state index in [2.05, 4.69) is 15.2 Å². The highest BCUT2D eigenvalue weighted by Crippen LogP contribution is 2.32. The number of carbonyl (C=O) groups is 1. The summed E-state index contributed by atoms with van der Waals surface area (Å²) < 4.78 is 7.25. The highest BCUT2D eigenvalue weighted by molar-refractivity contribution is 5.93. The maximum atomic E-state index is 12.8. The summed E-state index contributed by atoms with van der Waals surface area (Å²) in [6.07, 6.45) is 2.59. The van der Waals surface area contributed by atoms with E-state index >= 15 is 0 Å². The van der Waals surface area contributed by atoms with Crippen molar-refractivity contribution in [2.45, 2.75) is 25.5 Å². The van der Waals surface area contributed by atoms with E-state index in [4.69, 9.17) is 4.74 Å². The van der Waals surface area contributed by atoms with E-state index < -0.39 is 0 Å². The number of hydrogen-bond donors (Lipinski definition) is 1. The van der Waals surface area contributed by atoms with Gasteiger partial charge in [-0.15, -0.1) is 0 Å². The Morgan fingerprint density at radius 2 is 2.33 bits per heavy atom. The SMILES string of the molecule is CO[C@H]1C[C@@H](c2n[nH]c(C)n2)N(C(=O)c2cccn2C)C1. The Labute approximate surface area is 122 Å². The topological polar surface area (TPSA) is 76.0 Å². The fourth-order valence-corrected chi connectivity index (χ4v) is 2.78. The van der Waals surface area contributed by atoms with Crippen LogP contribution in [0, 0.1) is 6.92 Å². The standard InChI is InChI=1S/C14H19N5O2/c1-9-15-13(17-16-9)12-7-10(21-3)8-19(12)14(20)11-5-4-6-18(11)2/h4-6,10,12H,7-8H2,1-3H3,(H,15,16,17)/t10-,12-/m0/s1. The smallest absolute Gasteiger partial charge is 0.271 e. The molecule has 0 radical (unpaired) electrons. The number of amides is 1. The molecule has 3 heterocycles. The molecule has 21 heavy (non-hydrogen) atoms. The molecular weight excluding hydrogens is 270 g/mol. The van der Waals surface area contributed by atoms with Crippen molar-refractivity contribution in [1.82, 2.24) is 24.6 Å². The molecule has 1 amide bonds. The van der Waals surface area contributed by atoms with Crippen molar-refractivity contribution in [2.75, 3.05) is 13.7 Å². The molecule has 0 bridgehead atoms. The van der Waals surface area contributed by atoms with Crippen LogP contribution in [0.5, 0.6) is 0 Å². The van der Waals surface area contributed by atoms with E-state index in [1.807, 2.05) is 36.9 Å². The van der Waals surface area contributed by atoms with Crippen LogP contribution in [0.4, 0.5) is 0 Å². The van der Waals surface area contributed by atoms with Gasteiger partial charge in [0.05, 0.1) is 12.1 Å². The Morgan fingerprint density at radius 1 is 1.52 bits per heavy atom. The Kier molecular flexibility index (Phi) is 3.50. The molecule has 1 aliphatic rings. The lowest BCUT2D eigenvalue weighted by atomic mass is 10.2. The van der Waals surface area contributed by atoms with Crippen LogP contribution in [0.2, 0.25) is 0 Å². The molecule has 3 rings (SSSR count). The number of methoxy groups -OCH3 is 1. The summed E-state index contributed by atoms with van der Waals surface area (Å²) in [5.41, 5.74) is 0.656. The molecule has 0 unspecified atom stereocenters. The summed E-state index contributed by atoms with van der Waals surface area (Å²) in [7, 11) is 3.53. The predicted molar refractivity (Wildman–Crippen MR) is 75.7 cm³/mol. The molecule has 1 aliphatic heterocycles. The zero-order valence-electron chi connectivity index (χ0n) is 12.4. The van der Waals surface area contributed by atoms with Crippen molar-refractivity contribution in [3.8, 4) is 0 Å². The highest BCUT2D eigenvalue weighted by atomic mass is 16.5. The van der Waals surface area contributed by atoms with Crippen molar-refractivity contribution in [2.24, 2.45) is 7.05 Å². The number of hydrogen-bond acceptors (Lipinski definition) is 4. The second kappa shape index (κ2) is 5.33. The normalized spacial score (nSPS) is 22.0. The van der Waals surface area contributed by atoms with Crippen LogP contribution in [0.1, 0.15) is 34.6 Å². The van der Waals surface area contributed by atoms with E-state index in [1.165, 1.54) is 0 Å². The van der Waals surface area contributed by atoms with Gasteiger partial charge in [0, 0.05) is 33.3 Å². The zero-order chi connectivity index (χ0) is 15.0. The first kappa shape index (κ1) is 13.8. The van der Waals surface area contributed by atoms with E-state index in [9.17, 15) is 4.79 Å². The second-order valence-corrected chi connectivity index (χ2v) is 5.35. The van der Waals surface area contributed by atoms with Gasteiger partial charge in [0.25, 0.3) is 5.91 Å². The summed E-state index contributed by atoms with van der Waals surface area (Å²) in [6.45, 7) is 2.40. The van der Waals surface area contributed by atoms with Gasteiger partial charge < -0.3 is 14.2 Å². The van der Waals surface area contributed by atoms with E-state index in [-0.39, 0.29) is 18.1 Å². The maximum Gasteiger partial charge on any atom is 0.271 e. The number of H-pyrrole nitrogens is 1. The number of nitrogens with one attached hydrogen (secondary N) is 1. The number of rotatable bonds is 3. The minimum absolute atomic E-state index is 0.0121. The minimum Gasteiger partial charge on any atom is -0.380 e. The van der Waals surface area contributed by atoms with Gasteiger partial charge in [0.2, 0.25) is 0 Å². The summed E-state index contributed by atoms with van der Waals surface area (Å²) >= 11 is 0. The van der Waals surface area contributed by atoms with Gasteiger partial charge in [-0.25, -0.2) is 4.98 Å². The van der Waals surface area contributed by atoms with Crippen molar-refractivity contribution in [3.63, 3.8) is 0 Å². The molecule has 1 N–H and O–H groups in total. The molecule has 2 aromatic heterocycles. The molecule has 1 saturated heterocycles. The van der Waals surface area contributed by atoms with Crippen molar-refractivity contribution in [1.29, 1.82) is 0 Å². The lowest BCUT2D eigenvalue weighted by Gasteiger charge is -2.22. The van der Waals surface area contributed by atoms with Gasteiger partial charge in [-0.1, -0.05) is 0 Å². The first-order chi connectivity index (χ1) is 10.1. The summed E-state index contributed by atoms with van der Waals surface area (Å²) in [5, 5.41) is 7.05. The lowest BCUT2D eigenvalue weighted by Crippen LogP contribution is -2.33. The van der Waals surface area contributed by atoms with Crippen molar-refractivity contribution < 1.29 is 9.53 Å². The average molecular weight is 289 g/mol. The first-order valence-corrected chi connectivity index (χ1v) is 6.94. The Bertz CT molecular complexity index is 647. The third kappa shape index (κ3) is 2.44. The van der Waals surface area contributed by atoms with Gasteiger partial charge >= 0.3 is 0 Å². The number of likely N-dealkylation sites (tertiary alicyclic amines) is 1. The molecule has 2 aromatic rings. The van der Waals surface area contributed by atoms with Gasteiger partial charge in [-0.2, -0.15) is 5.10 Å². The van der Waals surface area contributed by atoms with Gasteiger partial charge in [0.1, 0.15) is 11.5 Å². The monoisotopic (exact) mass is 289 g/mol. The van der Waals surface area contributed by atoms with Crippen molar-refractivity contribution in [3.05, 3.63) is 35.7 Å². The minimum atomic E-state index is -0.151. The average Bonchev–Trinajstić information content (AvgIpc) is 3.16. The largest absolute Gasteiger partial charge is 0.380 e. The lowest BCUT2D eigenvalue weighted by molar-refractivity contribution is 0.0675. The molecule has 0 aliphatic carbocycles. The number of ether oxygens (including phenoxy) is 1. The summed E-state index contributed by atoms with van der Waals surface area (Å²) in [6, 6.07) is 3.54. The molecule has 2 atom stereocenters. The molecular formula is C14H19N5O2. The maximum absolute atomic E-state index is 12.8. The molecule has 7 nitrogen and oxygen atoms in total. The molecule has 0 aromatic carbocycles. The van der Waals surface area contributed by atoms with Crippen LogP contribution >= 0.6 is 0 Å². The second-order valence-electron chi connectivity index (χ2n) is 5.35. The van der Waals surface area contributed by atoms with Crippen LogP contribution in [-0.2, 0) is 11.8 Å².